The van der Waals surface area contributed by atoms with E-state index in [1.54, 1.807) is 44.1 Å². The van der Waals surface area contributed by atoms with Crippen LogP contribution in [0, 0.1) is 0 Å². The van der Waals surface area contributed by atoms with Gasteiger partial charge in [-0.2, -0.15) is 5.10 Å². The van der Waals surface area contributed by atoms with Crippen LogP contribution in [0.25, 0.3) is 0 Å². The number of hydrogen-bond donors (Lipinski definition) is 2. The molecule has 24 heavy (non-hydrogen) atoms. The number of amidine groups is 1. The molecule has 0 saturated heterocycles. The van der Waals surface area contributed by atoms with E-state index in [-0.39, 0.29) is 0 Å². The number of methoxy groups -OCH3 is 1. The van der Waals surface area contributed by atoms with Crippen molar-refractivity contribution in [2.24, 2.45) is 15.1 Å². The number of aliphatic hydroxyl groups excluding tert-OH is 2. The van der Waals surface area contributed by atoms with Gasteiger partial charge in [0, 0.05) is 28.3 Å². The molecule has 0 aromatic heterocycles. The van der Waals surface area contributed by atoms with Crippen molar-refractivity contribution in [2.45, 2.75) is 49.9 Å². The van der Waals surface area contributed by atoms with E-state index < -0.39 is 29.1 Å². The molecule has 0 amide bonds. The van der Waals surface area contributed by atoms with Crippen molar-refractivity contribution in [3.8, 4) is 0 Å². The largest absolute Gasteiger partial charge is 0.387 e. The van der Waals surface area contributed by atoms with Crippen LogP contribution >= 0.6 is 0 Å². The Morgan fingerprint density at radius 3 is 2.42 bits per heavy atom. The highest BCUT2D eigenvalue weighted by atomic mass is 16.7. The summed E-state index contributed by atoms with van der Waals surface area (Å²) in [4.78, 5) is 10.4. The first-order chi connectivity index (χ1) is 11.0. The van der Waals surface area contributed by atoms with Crippen LogP contribution in [0.4, 0.5) is 0 Å². The van der Waals surface area contributed by atoms with Crippen molar-refractivity contribution in [2.75, 3.05) is 28.3 Å². The van der Waals surface area contributed by atoms with Gasteiger partial charge in [0.05, 0.1) is 6.34 Å². The molecule has 2 N–H and O–H groups in total. The summed E-state index contributed by atoms with van der Waals surface area (Å²) < 4.78 is 11.4. The van der Waals surface area contributed by atoms with Crippen LogP contribution in [0.15, 0.2) is 15.1 Å². The summed E-state index contributed by atoms with van der Waals surface area (Å²) in [6.07, 6.45) is 0.737. The van der Waals surface area contributed by atoms with Gasteiger partial charge in [-0.25, -0.2) is 9.98 Å². The standard InChI is InChI=1S/C15H27N5O4/c1-13(2,23-7)24-15(10(21)11(15)22)14(3)12(17-9-19(4)5)16-8-18-20(14)6/h8-11,21-22H,1-7H3/t10-,11?,14?,15?/m1/s1. The number of aliphatic hydroxyl groups is 2. The lowest BCUT2D eigenvalue weighted by Gasteiger charge is -2.46. The first kappa shape index (κ1) is 18.8. The van der Waals surface area contributed by atoms with Crippen LogP contribution < -0.4 is 0 Å². The predicted octanol–water partition coefficient (Wildman–Crippen LogP) is -0.504. The molecule has 1 aliphatic carbocycles. The quantitative estimate of drug-likeness (QED) is 0.397. The third kappa shape index (κ3) is 2.71. The number of rotatable bonds is 5. The topological polar surface area (TPSA) is 102 Å². The van der Waals surface area contributed by atoms with Gasteiger partial charge in [-0.3, -0.25) is 5.01 Å². The summed E-state index contributed by atoms with van der Waals surface area (Å²) in [5.41, 5.74) is -2.47. The first-order valence-electron chi connectivity index (χ1n) is 7.69. The summed E-state index contributed by atoms with van der Waals surface area (Å²) in [6, 6.07) is 0. The van der Waals surface area contributed by atoms with Crippen molar-refractivity contribution < 1.29 is 19.7 Å². The molecule has 1 heterocycles. The fraction of sp³-hybridized carbons (Fsp3) is 0.800. The molecule has 2 aliphatic rings. The fourth-order valence-corrected chi connectivity index (χ4v) is 2.88. The van der Waals surface area contributed by atoms with E-state index in [4.69, 9.17) is 9.47 Å². The van der Waals surface area contributed by atoms with E-state index in [0.717, 1.165) is 0 Å². The SMILES string of the molecule is COC(C)(C)OC1(C2(C)C(N=CN(C)C)=NC=NN2C)C(O)[C@H]1O. The van der Waals surface area contributed by atoms with Crippen LogP contribution in [-0.2, 0) is 9.47 Å². The van der Waals surface area contributed by atoms with E-state index in [2.05, 4.69) is 15.1 Å². The number of aliphatic imine (C=N–C) groups is 2. The average molecular weight is 341 g/mol. The summed E-state index contributed by atoms with van der Waals surface area (Å²) in [5, 5.41) is 26.6. The number of hydrazone groups is 1. The van der Waals surface area contributed by atoms with Crippen molar-refractivity contribution in [1.29, 1.82) is 0 Å². The van der Waals surface area contributed by atoms with Crippen LogP contribution in [0.3, 0.4) is 0 Å². The minimum absolute atomic E-state index is 0.371. The van der Waals surface area contributed by atoms with Crippen LogP contribution in [-0.4, -0.2) is 96.0 Å². The van der Waals surface area contributed by atoms with Crippen molar-refractivity contribution >= 4 is 18.5 Å². The number of ether oxygens (including phenoxy) is 2. The van der Waals surface area contributed by atoms with Crippen molar-refractivity contribution in [3.63, 3.8) is 0 Å². The zero-order chi connectivity index (χ0) is 18.3. The number of hydrogen-bond acceptors (Lipinski definition) is 8. The minimum atomic E-state index is -1.37. The zero-order valence-electron chi connectivity index (χ0n) is 15.3. The van der Waals surface area contributed by atoms with E-state index in [9.17, 15) is 10.2 Å². The molecular formula is C15H27N5O4. The molecule has 1 saturated carbocycles. The van der Waals surface area contributed by atoms with Gasteiger partial charge in [0.25, 0.3) is 0 Å². The van der Waals surface area contributed by atoms with Crippen LogP contribution in [0.5, 0.6) is 0 Å². The number of nitrogens with zero attached hydrogens (tertiary/aromatic N) is 5. The number of likely N-dealkylation sites (N-methyl/N-ethyl adjacent to an activating group) is 1. The highest BCUT2D eigenvalue weighted by Crippen LogP contribution is 2.54. The minimum Gasteiger partial charge on any atom is -0.387 e. The fourth-order valence-electron chi connectivity index (χ4n) is 2.88. The van der Waals surface area contributed by atoms with Gasteiger partial charge in [-0.15, -0.1) is 0 Å². The molecule has 9 nitrogen and oxygen atoms in total. The molecule has 0 bridgehead atoms. The molecule has 0 spiro atoms. The van der Waals surface area contributed by atoms with Gasteiger partial charge in [-0.1, -0.05) is 0 Å². The summed E-state index contributed by atoms with van der Waals surface area (Å²) in [6.45, 7) is 5.20. The third-order valence-electron chi connectivity index (χ3n) is 4.63. The molecule has 0 aromatic carbocycles. The molecule has 1 fully saturated rings. The van der Waals surface area contributed by atoms with Gasteiger partial charge >= 0.3 is 0 Å². The molecule has 0 radical (unpaired) electrons. The third-order valence-corrected chi connectivity index (χ3v) is 4.63. The van der Waals surface area contributed by atoms with E-state index in [1.807, 2.05) is 14.1 Å². The average Bonchev–Trinajstić information content (AvgIpc) is 3.02. The highest BCUT2D eigenvalue weighted by Gasteiger charge is 2.79. The van der Waals surface area contributed by atoms with Crippen LogP contribution in [0.2, 0.25) is 0 Å². The molecule has 136 valence electrons. The molecule has 3 unspecified atom stereocenters. The lowest BCUT2D eigenvalue weighted by Crippen LogP contribution is -2.64. The summed E-state index contributed by atoms with van der Waals surface area (Å²) in [5.74, 6) is -0.656. The van der Waals surface area contributed by atoms with Gasteiger partial charge in [0.2, 0.25) is 0 Å². The molecule has 0 aromatic rings. The first-order valence-corrected chi connectivity index (χ1v) is 7.69. The maximum atomic E-state index is 10.4. The van der Waals surface area contributed by atoms with Gasteiger partial charge in [0.1, 0.15) is 24.1 Å². The molecule has 9 heteroatoms. The normalized spacial score (nSPS) is 36.2. The smallest absolute Gasteiger partial charge is 0.163 e. The Kier molecular flexibility index (Phi) is 4.75. The summed E-state index contributed by atoms with van der Waals surface area (Å²) >= 11 is 0. The van der Waals surface area contributed by atoms with E-state index in [1.165, 1.54) is 13.4 Å². The maximum absolute atomic E-state index is 10.4. The van der Waals surface area contributed by atoms with Crippen molar-refractivity contribution in [3.05, 3.63) is 0 Å². The Hall–Kier alpha value is -1.55. The Morgan fingerprint density at radius 2 is 1.96 bits per heavy atom. The molecule has 1 aliphatic heterocycles. The Bertz CT molecular complexity index is 566. The van der Waals surface area contributed by atoms with Gasteiger partial charge in [-0.05, 0) is 20.8 Å². The monoisotopic (exact) mass is 341 g/mol. The Balaban J connectivity index is 2.50. The molecule has 4 atom stereocenters. The summed E-state index contributed by atoms with van der Waals surface area (Å²) in [7, 11) is 6.89. The molecular weight excluding hydrogens is 314 g/mol. The molecule has 2 rings (SSSR count). The Morgan fingerprint density at radius 1 is 1.38 bits per heavy atom. The van der Waals surface area contributed by atoms with E-state index >= 15 is 0 Å². The zero-order valence-corrected chi connectivity index (χ0v) is 15.3. The second-order valence-corrected chi connectivity index (χ2v) is 6.88. The van der Waals surface area contributed by atoms with Gasteiger partial charge < -0.3 is 24.6 Å². The highest BCUT2D eigenvalue weighted by molar-refractivity contribution is 6.02. The second-order valence-electron chi connectivity index (χ2n) is 6.88. The Labute approximate surface area is 142 Å². The maximum Gasteiger partial charge on any atom is 0.163 e. The van der Waals surface area contributed by atoms with Gasteiger partial charge in [0.15, 0.2) is 17.2 Å². The lowest BCUT2D eigenvalue weighted by atomic mass is 9.88. The second kappa shape index (κ2) is 6.07. The lowest BCUT2D eigenvalue weighted by molar-refractivity contribution is -0.262. The van der Waals surface area contributed by atoms with E-state index in [0.29, 0.717) is 5.84 Å². The van der Waals surface area contributed by atoms with Crippen LogP contribution in [0.1, 0.15) is 20.8 Å². The predicted molar refractivity (Wildman–Crippen MR) is 91.2 cm³/mol. The van der Waals surface area contributed by atoms with Crippen molar-refractivity contribution in [1.82, 2.24) is 9.91 Å².